The van der Waals surface area contributed by atoms with Gasteiger partial charge in [-0.3, -0.25) is 9.59 Å². The molecule has 0 radical (unpaired) electrons. The van der Waals surface area contributed by atoms with E-state index in [4.69, 9.17) is 4.74 Å². The predicted octanol–water partition coefficient (Wildman–Crippen LogP) is 0.397. The van der Waals surface area contributed by atoms with E-state index in [1.165, 1.54) is 0 Å². The molecule has 0 aliphatic heterocycles. The van der Waals surface area contributed by atoms with Gasteiger partial charge in [0.2, 0.25) is 5.95 Å². The number of hydrogen-bond acceptors (Lipinski definition) is 6. The SMILES string of the molecule is CCOC(=O)Cn1nc(N(C)C)n2nc(C3CC3)cc2c1=O. The quantitative estimate of drug-likeness (QED) is 0.744. The first-order valence-corrected chi connectivity index (χ1v) is 7.35. The summed E-state index contributed by atoms with van der Waals surface area (Å²) in [6, 6.07) is 1.80. The zero-order valence-corrected chi connectivity index (χ0v) is 12.9. The second-order valence-electron chi connectivity index (χ2n) is 5.60. The molecule has 1 aliphatic carbocycles. The van der Waals surface area contributed by atoms with Gasteiger partial charge in [0, 0.05) is 20.0 Å². The summed E-state index contributed by atoms with van der Waals surface area (Å²) in [7, 11) is 3.64. The van der Waals surface area contributed by atoms with Crippen LogP contribution in [0.4, 0.5) is 5.95 Å². The molecule has 0 bridgehead atoms. The third-order valence-corrected chi connectivity index (χ3v) is 3.56. The largest absolute Gasteiger partial charge is 0.465 e. The molecule has 0 spiro atoms. The zero-order chi connectivity index (χ0) is 15.9. The van der Waals surface area contributed by atoms with Gasteiger partial charge in [-0.15, -0.1) is 5.10 Å². The van der Waals surface area contributed by atoms with E-state index >= 15 is 0 Å². The van der Waals surface area contributed by atoms with E-state index in [1.807, 2.05) is 14.1 Å². The highest BCUT2D eigenvalue weighted by Crippen LogP contribution is 2.39. The lowest BCUT2D eigenvalue weighted by molar-refractivity contribution is -0.144. The molecule has 118 valence electrons. The van der Waals surface area contributed by atoms with Gasteiger partial charge in [0.25, 0.3) is 5.56 Å². The van der Waals surface area contributed by atoms with E-state index in [1.54, 1.807) is 22.4 Å². The maximum atomic E-state index is 12.5. The highest BCUT2D eigenvalue weighted by atomic mass is 16.5. The van der Waals surface area contributed by atoms with Crippen molar-refractivity contribution in [3.63, 3.8) is 0 Å². The van der Waals surface area contributed by atoms with Gasteiger partial charge in [-0.05, 0) is 25.8 Å². The average molecular weight is 305 g/mol. The lowest BCUT2D eigenvalue weighted by Crippen LogP contribution is -2.32. The first kappa shape index (κ1) is 14.6. The molecule has 0 saturated heterocycles. The van der Waals surface area contributed by atoms with Crippen LogP contribution in [-0.2, 0) is 16.1 Å². The summed E-state index contributed by atoms with van der Waals surface area (Å²) in [6.07, 6.45) is 2.21. The summed E-state index contributed by atoms with van der Waals surface area (Å²) in [5.74, 6) is 0.465. The van der Waals surface area contributed by atoms with Crippen molar-refractivity contribution in [3.8, 4) is 0 Å². The number of hydrogen-bond donors (Lipinski definition) is 0. The van der Waals surface area contributed by atoms with Crippen molar-refractivity contribution in [1.82, 2.24) is 19.4 Å². The third-order valence-electron chi connectivity index (χ3n) is 3.56. The van der Waals surface area contributed by atoms with Crippen molar-refractivity contribution < 1.29 is 9.53 Å². The molecule has 1 saturated carbocycles. The maximum absolute atomic E-state index is 12.5. The van der Waals surface area contributed by atoms with Crippen LogP contribution in [0.15, 0.2) is 10.9 Å². The van der Waals surface area contributed by atoms with E-state index < -0.39 is 5.97 Å². The molecule has 0 atom stereocenters. The van der Waals surface area contributed by atoms with Crippen molar-refractivity contribution in [3.05, 3.63) is 22.1 Å². The molecule has 0 unspecified atom stereocenters. The molecule has 0 N–H and O–H groups in total. The molecule has 2 heterocycles. The minimum atomic E-state index is -0.479. The number of ether oxygens (including phenoxy) is 1. The second-order valence-corrected chi connectivity index (χ2v) is 5.60. The highest BCUT2D eigenvalue weighted by molar-refractivity contribution is 5.69. The van der Waals surface area contributed by atoms with Crippen LogP contribution in [0.3, 0.4) is 0 Å². The smallest absolute Gasteiger partial charge is 0.327 e. The molecule has 8 nitrogen and oxygen atoms in total. The average Bonchev–Trinajstić information content (AvgIpc) is 3.21. The lowest BCUT2D eigenvalue weighted by Gasteiger charge is -2.14. The van der Waals surface area contributed by atoms with E-state index in [0.717, 1.165) is 23.2 Å². The van der Waals surface area contributed by atoms with Gasteiger partial charge in [-0.2, -0.15) is 9.61 Å². The molecular formula is C14H19N5O3. The zero-order valence-electron chi connectivity index (χ0n) is 12.9. The number of aromatic nitrogens is 4. The Bertz CT molecular complexity index is 773. The fourth-order valence-electron chi connectivity index (χ4n) is 2.33. The Morgan fingerprint density at radius 3 is 2.73 bits per heavy atom. The fourth-order valence-corrected chi connectivity index (χ4v) is 2.33. The number of fused-ring (bicyclic) bond motifs is 1. The van der Waals surface area contributed by atoms with Crippen LogP contribution in [0.1, 0.15) is 31.4 Å². The van der Waals surface area contributed by atoms with Gasteiger partial charge in [0.15, 0.2) is 0 Å². The molecule has 0 aromatic carbocycles. The van der Waals surface area contributed by atoms with Gasteiger partial charge in [-0.1, -0.05) is 0 Å². The Hall–Kier alpha value is -2.38. The van der Waals surface area contributed by atoms with Crippen molar-refractivity contribution in [2.75, 3.05) is 25.6 Å². The van der Waals surface area contributed by atoms with Crippen LogP contribution in [0.25, 0.3) is 5.52 Å². The molecule has 1 aliphatic rings. The summed E-state index contributed by atoms with van der Waals surface area (Å²) in [6.45, 7) is 1.80. The van der Waals surface area contributed by atoms with Crippen LogP contribution < -0.4 is 10.5 Å². The number of carbonyl (C=O) groups is 1. The third kappa shape index (κ3) is 2.56. The van der Waals surface area contributed by atoms with Crippen LogP contribution >= 0.6 is 0 Å². The monoisotopic (exact) mass is 305 g/mol. The van der Waals surface area contributed by atoms with Crippen LogP contribution in [-0.4, -0.2) is 46.1 Å². The Kier molecular flexibility index (Phi) is 3.59. The summed E-state index contributed by atoms with van der Waals surface area (Å²) in [4.78, 5) is 25.9. The second kappa shape index (κ2) is 5.43. The number of nitrogens with zero attached hydrogens (tertiary/aromatic N) is 5. The van der Waals surface area contributed by atoms with Crippen LogP contribution in [0.5, 0.6) is 0 Å². The molecule has 1 fully saturated rings. The first-order valence-electron chi connectivity index (χ1n) is 7.35. The van der Waals surface area contributed by atoms with Crippen molar-refractivity contribution in [1.29, 1.82) is 0 Å². The molecule has 0 amide bonds. The normalized spacial score (nSPS) is 14.3. The number of rotatable bonds is 5. The molecule has 8 heteroatoms. The van der Waals surface area contributed by atoms with E-state index in [0.29, 0.717) is 17.4 Å². The first-order chi connectivity index (χ1) is 10.5. The van der Waals surface area contributed by atoms with Crippen LogP contribution in [0.2, 0.25) is 0 Å². The predicted molar refractivity (Wildman–Crippen MR) is 80.2 cm³/mol. The Labute approximate surface area is 127 Å². The molecule has 3 rings (SSSR count). The van der Waals surface area contributed by atoms with Crippen molar-refractivity contribution >= 4 is 17.4 Å². The van der Waals surface area contributed by atoms with E-state index in [2.05, 4.69) is 10.2 Å². The Morgan fingerprint density at radius 2 is 2.14 bits per heavy atom. The number of carbonyl (C=O) groups excluding carboxylic acids is 1. The topological polar surface area (TPSA) is 81.7 Å². The Balaban J connectivity index is 2.11. The number of anilines is 1. The summed E-state index contributed by atoms with van der Waals surface area (Å²) in [5, 5.41) is 8.74. The lowest BCUT2D eigenvalue weighted by atomic mass is 10.3. The van der Waals surface area contributed by atoms with Crippen molar-refractivity contribution in [2.45, 2.75) is 32.2 Å². The van der Waals surface area contributed by atoms with Gasteiger partial charge < -0.3 is 9.64 Å². The van der Waals surface area contributed by atoms with Gasteiger partial charge in [0.1, 0.15) is 12.1 Å². The molecule has 2 aromatic heterocycles. The van der Waals surface area contributed by atoms with Gasteiger partial charge in [0.05, 0.1) is 12.3 Å². The Morgan fingerprint density at radius 1 is 1.41 bits per heavy atom. The summed E-state index contributed by atoms with van der Waals surface area (Å²) >= 11 is 0. The maximum Gasteiger partial charge on any atom is 0.327 e. The molecule has 22 heavy (non-hydrogen) atoms. The highest BCUT2D eigenvalue weighted by Gasteiger charge is 2.28. The van der Waals surface area contributed by atoms with Crippen LogP contribution in [0, 0.1) is 0 Å². The standard InChI is InChI=1S/C14H19N5O3/c1-4-22-12(20)8-18-13(21)11-7-10(9-5-6-9)15-19(11)14(16-18)17(2)3/h7,9H,4-6,8H2,1-3H3. The van der Waals surface area contributed by atoms with Crippen molar-refractivity contribution in [2.24, 2.45) is 0 Å². The minimum Gasteiger partial charge on any atom is -0.465 e. The molecule has 2 aromatic rings. The summed E-state index contributed by atoms with van der Waals surface area (Å²) in [5.41, 5.74) is 1.01. The van der Waals surface area contributed by atoms with E-state index in [-0.39, 0.29) is 18.7 Å². The number of esters is 1. The van der Waals surface area contributed by atoms with E-state index in [9.17, 15) is 9.59 Å². The summed E-state index contributed by atoms with van der Waals surface area (Å²) < 4.78 is 7.59. The fraction of sp³-hybridized carbons (Fsp3) is 0.571. The molecular weight excluding hydrogens is 286 g/mol. The minimum absolute atomic E-state index is 0.200. The van der Waals surface area contributed by atoms with Gasteiger partial charge >= 0.3 is 5.97 Å². The van der Waals surface area contributed by atoms with Gasteiger partial charge in [-0.25, -0.2) is 4.68 Å².